The van der Waals surface area contributed by atoms with Gasteiger partial charge in [0.1, 0.15) is 66.8 Å². The zero-order valence-electron chi connectivity index (χ0n) is 85.2. The van der Waals surface area contributed by atoms with Crippen molar-refractivity contribution in [2.24, 2.45) is 46.2 Å². The topological polar surface area (TPSA) is 509 Å². The molecule has 0 spiro atoms. The number of Topliss-reactive ketones (excluding diaryl/α,β-unsaturated/α-hetero) is 5. The molecule has 35 nitrogen and oxygen atoms in total. The number of urea groups is 1. The molecule has 2 saturated carbocycles. The van der Waals surface area contributed by atoms with Gasteiger partial charge < -0.3 is 102 Å². The number of aryl methyl sites for hydroxylation is 2. The molecule has 7 aliphatic rings. The third-order valence-electron chi connectivity index (χ3n) is 31.1. The van der Waals surface area contributed by atoms with Crippen LogP contribution in [0.15, 0.2) is 109 Å². The van der Waals surface area contributed by atoms with Gasteiger partial charge in [-0.05, 0) is 206 Å². The number of aliphatic hydroxyl groups excluding tert-OH is 4. The van der Waals surface area contributed by atoms with Gasteiger partial charge in [-0.2, -0.15) is 0 Å². The number of primary amides is 1. The minimum Gasteiger partial charge on any atom is -0.445 e. The molecule has 6 aromatic rings. The summed E-state index contributed by atoms with van der Waals surface area (Å²) >= 11 is 0. The van der Waals surface area contributed by atoms with Crippen molar-refractivity contribution in [3.05, 3.63) is 171 Å². The van der Waals surface area contributed by atoms with Gasteiger partial charge in [0.25, 0.3) is 0 Å². The summed E-state index contributed by atoms with van der Waals surface area (Å²) in [5.41, 5.74) is 21.5. The number of rotatable bonds is 52. The number of anilines is 3. The molecular weight excluding hydrogens is 1870 g/mol. The number of amides is 8. The number of benzene rings is 5. The van der Waals surface area contributed by atoms with E-state index in [1.165, 1.54) is 21.4 Å². The Morgan fingerprint density at radius 3 is 1.88 bits per heavy atom. The number of aromatic nitrogens is 3. The predicted octanol–water partition coefficient (Wildman–Crippen LogP) is 10.1. The third kappa shape index (κ3) is 29.3. The second-order valence-corrected chi connectivity index (χ2v) is 41.6. The zero-order valence-corrected chi connectivity index (χ0v) is 85.2. The third-order valence-corrected chi connectivity index (χ3v) is 31.1. The summed E-state index contributed by atoms with van der Waals surface area (Å²) in [6.45, 7) is 13.8. The van der Waals surface area contributed by atoms with Crippen LogP contribution in [0.2, 0.25) is 0 Å². The number of fused-ring (bicyclic) bond motifs is 9. The number of aliphatic hydroxyl groups is 4. The number of hydrogen-bond donors (Lipinski definition) is 12. The van der Waals surface area contributed by atoms with Crippen LogP contribution in [0.3, 0.4) is 0 Å². The van der Waals surface area contributed by atoms with E-state index in [9.17, 15) is 73.2 Å². The summed E-state index contributed by atoms with van der Waals surface area (Å²) in [5, 5.41) is 66.6. The zero-order chi connectivity index (χ0) is 104. The number of hydrogen-bond acceptors (Lipinski definition) is 26. The van der Waals surface area contributed by atoms with Crippen LogP contribution in [0.1, 0.15) is 257 Å². The summed E-state index contributed by atoms with van der Waals surface area (Å²) in [7, 11) is 0. The molecule has 35 heteroatoms. The lowest BCUT2D eigenvalue weighted by atomic mass is 9.47. The first-order valence-electron chi connectivity index (χ1n) is 52.2. The molecule has 5 aromatic carbocycles. The first kappa shape index (κ1) is 112. The summed E-state index contributed by atoms with van der Waals surface area (Å²) in [5.74, 6) is 1.14. The van der Waals surface area contributed by atoms with Crippen molar-refractivity contribution in [1.29, 1.82) is 0 Å². The van der Waals surface area contributed by atoms with Gasteiger partial charge in [0.05, 0.1) is 96.3 Å². The molecule has 0 radical (unpaired) electrons. The summed E-state index contributed by atoms with van der Waals surface area (Å²) < 4.78 is 41.4. The summed E-state index contributed by atoms with van der Waals surface area (Å²) in [6, 6.07) is 32.1. The molecule has 13 rings (SSSR count). The Morgan fingerprint density at radius 1 is 0.568 bits per heavy atom. The van der Waals surface area contributed by atoms with E-state index in [4.69, 9.17) is 44.6 Å². The van der Waals surface area contributed by atoms with Crippen molar-refractivity contribution < 1.29 is 111 Å². The number of unbranched alkanes of at least 4 members (excludes halogenated alkanes) is 1. The Balaban J connectivity index is 0.550. The number of para-hydroxylation sites is 1. The van der Waals surface area contributed by atoms with Gasteiger partial charge in [0, 0.05) is 103 Å². The maximum atomic E-state index is 15.0. The number of carbonyl (C=O) groups excluding carboxylic acids is 12. The maximum Gasteiger partial charge on any atom is 0.407 e. The first-order chi connectivity index (χ1) is 70.1. The number of ketones is 5. The normalized spacial score (nSPS) is 23.5. The van der Waals surface area contributed by atoms with E-state index in [1.54, 1.807) is 43.0 Å². The second kappa shape index (κ2) is 52.9. The second-order valence-electron chi connectivity index (χ2n) is 41.6. The Kier molecular flexibility index (Phi) is 40.4. The van der Waals surface area contributed by atoms with Gasteiger partial charge >= 0.3 is 12.1 Å². The van der Waals surface area contributed by atoms with Gasteiger partial charge in [-0.15, -0.1) is 5.10 Å². The highest BCUT2D eigenvalue weighted by molar-refractivity contribution is 6.05. The summed E-state index contributed by atoms with van der Waals surface area (Å²) in [4.78, 5) is 168. The van der Waals surface area contributed by atoms with Gasteiger partial charge in [-0.1, -0.05) is 157 Å². The van der Waals surface area contributed by atoms with E-state index in [2.05, 4.69) is 106 Å². The van der Waals surface area contributed by atoms with E-state index >= 15 is 4.79 Å². The Labute approximate surface area is 854 Å². The van der Waals surface area contributed by atoms with E-state index in [-0.39, 0.29) is 221 Å². The number of nitrogen functional groups attached to an aromatic ring is 1. The van der Waals surface area contributed by atoms with Crippen molar-refractivity contribution in [1.82, 2.24) is 41.6 Å². The van der Waals surface area contributed by atoms with Crippen LogP contribution in [-0.4, -0.2) is 228 Å². The minimum atomic E-state index is -1.74. The monoisotopic (exact) mass is 2020 g/mol. The van der Waals surface area contributed by atoms with Crippen molar-refractivity contribution in [2.45, 2.75) is 288 Å². The predicted molar refractivity (Wildman–Crippen MR) is 543 cm³/mol. The molecule has 790 valence electrons. The lowest BCUT2D eigenvalue weighted by molar-refractivity contribution is -0.284. The van der Waals surface area contributed by atoms with E-state index in [0.29, 0.717) is 67.0 Å². The van der Waals surface area contributed by atoms with Crippen LogP contribution >= 0.6 is 0 Å². The fourth-order valence-corrected chi connectivity index (χ4v) is 22.9. The van der Waals surface area contributed by atoms with Crippen molar-refractivity contribution >= 4 is 87.6 Å². The summed E-state index contributed by atoms with van der Waals surface area (Å²) in [6.07, 6.45) is 3.26. The van der Waals surface area contributed by atoms with Crippen molar-refractivity contribution in [2.75, 3.05) is 102 Å². The molecule has 3 fully saturated rings. The Hall–Kier alpha value is -11.6. The quantitative estimate of drug-likeness (QED) is 0.00730. The fraction of sp³-hybridized carbons (Fsp3) is 0.586. The minimum absolute atomic E-state index is 0.00274. The molecule has 6 unspecified atom stereocenters. The number of carbonyl (C=O) groups is 12. The molecule has 146 heavy (non-hydrogen) atoms. The lowest BCUT2D eigenvalue weighted by Gasteiger charge is -2.56. The molecule has 0 bridgehead atoms. The average molecular weight is 2020 g/mol. The molecule has 1 saturated heterocycles. The smallest absolute Gasteiger partial charge is 0.407 e. The molecule has 5 aliphatic carbocycles. The van der Waals surface area contributed by atoms with Crippen molar-refractivity contribution in [3.8, 4) is 11.8 Å². The van der Waals surface area contributed by atoms with Gasteiger partial charge in [0.2, 0.25) is 29.5 Å². The standard InChI is InChI=1S/C111H148N12O23/c1-70(2)98(88(126)62-78(23-16-49-116-106(113)138)103(135)118-81-37-28-71(29-38-81)68-145-107(139)117-65-83(125)59-72-27-30-74-34-39-91-108(3,84(74)60-72)44-17-46-110(91,5)93(127)64-94(128)111(6)47-18-45-109(4)85-63-80(112)36-33-75(85)35-40-92(109)111)119-104(136)77(21-14-15-48-114-96(130)69-144-89-26-9-7-8-25-87-99(89)120-121-123(87)67-90-100(132)101(133)102(134)105(137)146-90)61-82(124)43-51-140-53-55-142-57-58-143-56-54-141-52-50-115-95(129)41-42-97(131)122-66-79-22-11-10-19-73(79)31-32-76-20-12-13-24-86(76)122/h10-13,19-20,22,24,27-30,33,36-38,60,63,70,77-78,89-92,98,100-102,105,132-134,137H,7-9,14-18,21,23,25-26,34-35,39-59,61-62,64-69,112H2,1-6H3,(H,114,130)(H,115,129)(H,117,139)(H,118,135)(H,119,136)(H3,113,116,138)/t77-,78+,89?,90?,91+,92+,98-,100?,101?,102?,105?,108+,109+,110-,111-/m0/s1. The van der Waals surface area contributed by atoms with E-state index in [1.807, 2.05) is 60.7 Å². The molecule has 8 amide bonds. The largest absolute Gasteiger partial charge is 0.445 e. The Bertz CT molecular complexity index is 5620. The van der Waals surface area contributed by atoms with Gasteiger partial charge in [-0.25, -0.2) is 14.3 Å². The number of alkyl carbamates (subject to hydrolysis) is 1. The number of ether oxygens (including phenoxy) is 7. The van der Waals surface area contributed by atoms with E-state index < -0.39 is 107 Å². The Morgan fingerprint density at radius 2 is 1.18 bits per heavy atom. The molecule has 3 heterocycles. The van der Waals surface area contributed by atoms with Crippen LogP contribution in [0.25, 0.3) is 0 Å². The number of nitrogens with two attached hydrogens (primary N) is 2. The van der Waals surface area contributed by atoms with Crippen LogP contribution in [0, 0.1) is 52.3 Å². The molecular formula is C111H148N12O23. The van der Waals surface area contributed by atoms with Crippen LogP contribution in [0.4, 0.5) is 26.7 Å². The molecule has 14 N–H and O–H groups in total. The SMILES string of the molecule is CC(C)[C@H](NC(=O)[C@@H](CCCCNC(=O)COC1CCCCCc2c1nnn2CC1OC(O)C(O)C(O)C1O)CC(=O)CCOCCOCCOCCOCCNC(=O)CCC(=O)N1Cc2ccccc2C#Cc2ccccc21)C(=O)C[C@@H](CCCNC(N)=O)C(=O)Nc1ccc(COC(=O)NCC(=O)Cc2ccc3c(c2)[C@@]2(C)CCC[C@](C)(C(=O)CC(=O)[C@@]4(C)CCC[C@]5(C)c6cc(N)ccc6CC[C@@H]45)[C@@H]2CC3)cc1. The molecule has 2 aliphatic heterocycles. The first-order valence-corrected chi connectivity index (χ1v) is 52.2. The number of nitrogens with zero attached hydrogens (tertiary/aromatic N) is 4. The molecule has 15 atom stereocenters. The number of nitrogens with one attached hydrogen (secondary N) is 6. The van der Waals surface area contributed by atoms with Crippen LogP contribution in [-0.2, 0) is 137 Å². The van der Waals surface area contributed by atoms with Crippen LogP contribution in [0.5, 0.6) is 0 Å². The van der Waals surface area contributed by atoms with Crippen molar-refractivity contribution in [3.63, 3.8) is 0 Å². The average Bonchev–Trinajstić information content (AvgIpc) is 0.889. The fourth-order valence-electron chi connectivity index (χ4n) is 22.9. The van der Waals surface area contributed by atoms with Gasteiger partial charge in [-0.3, -0.25) is 47.9 Å². The lowest BCUT2D eigenvalue weighted by Crippen LogP contribution is -2.58. The highest BCUT2D eigenvalue weighted by Crippen LogP contribution is 2.61. The van der Waals surface area contributed by atoms with Crippen LogP contribution < -0.4 is 48.3 Å². The highest BCUT2D eigenvalue weighted by Gasteiger charge is 2.59. The van der Waals surface area contributed by atoms with E-state index in [0.717, 1.165) is 111 Å². The maximum absolute atomic E-state index is 15.0. The van der Waals surface area contributed by atoms with Gasteiger partial charge in [0.15, 0.2) is 17.9 Å². The highest BCUT2D eigenvalue weighted by atomic mass is 16.6. The molecule has 1 aromatic heterocycles.